The summed E-state index contributed by atoms with van der Waals surface area (Å²) in [5, 5.41) is 2.32. The Labute approximate surface area is 128 Å². The lowest BCUT2D eigenvalue weighted by Gasteiger charge is -2.23. The van der Waals surface area contributed by atoms with Crippen LogP contribution in [0.15, 0.2) is 11.4 Å². The van der Waals surface area contributed by atoms with Crippen LogP contribution in [0, 0.1) is 0 Å². The van der Waals surface area contributed by atoms with Crippen LogP contribution in [0.25, 0.3) is 0 Å². The summed E-state index contributed by atoms with van der Waals surface area (Å²) in [7, 11) is 8.70. The zero-order valence-corrected chi connectivity index (χ0v) is 14.2. The monoisotopic (exact) mass is 295 g/mol. The molecule has 1 fully saturated rings. The Morgan fingerprint density at radius 2 is 2.00 bits per heavy atom. The zero-order chi connectivity index (χ0) is 14.5. The van der Waals surface area contributed by atoms with Crippen LogP contribution in [0.5, 0.6) is 0 Å². The second-order valence-electron chi connectivity index (χ2n) is 6.48. The first kappa shape index (κ1) is 16.0. The van der Waals surface area contributed by atoms with Crippen molar-refractivity contribution in [1.29, 1.82) is 0 Å². The van der Waals surface area contributed by atoms with Crippen molar-refractivity contribution >= 4 is 11.3 Å². The summed E-state index contributed by atoms with van der Waals surface area (Å²) < 4.78 is 0. The summed E-state index contributed by atoms with van der Waals surface area (Å²) in [6.07, 6.45) is 3.99. The maximum Gasteiger partial charge on any atom is 0.0328 e. The molecule has 0 bridgehead atoms. The maximum absolute atomic E-state index is 2.63. The van der Waals surface area contributed by atoms with Gasteiger partial charge in [0.25, 0.3) is 0 Å². The molecule has 0 N–H and O–H groups in total. The van der Waals surface area contributed by atoms with Gasteiger partial charge in [-0.1, -0.05) is 0 Å². The molecule has 2 heterocycles. The van der Waals surface area contributed by atoms with Gasteiger partial charge in [0, 0.05) is 30.6 Å². The Bertz CT molecular complexity index is 400. The summed E-state index contributed by atoms with van der Waals surface area (Å²) in [6, 6.07) is 3.16. The summed E-state index contributed by atoms with van der Waals surface area (Å²) >= 11 is 1.92. The lowest BCUT2D eigenvalue weighted by atomic mass is 10.1. The highest BCUT2D eigenvalue weighted by Crippen LogP contribution is 2.21. The van der Waals surface area contributed by atoms with Crippen LogP contribution in [0.1, 0.15) is 29.7 Å². The van der Waals surface area contributed by atoms with Crippen LogP contribution in [0.2, 0.25) is 0 Å². The molecule has 1 aromatic heterocycles. The Hall–Kier alpha value is -0.420. The van der Waals surface area contributed by atoms with Crippen molar-refractivity contribution in [2.24, 2.45) is 0 Å². The molecule has 114 valence electrons. The molecule has 0 radical (unpaired) electrons. The first-order valence-electron chi connectivity index (χ1n) is 7.64. The van der Waals surface area contributed by atoms with E-state index in [1.165, 1.54) is 42.8 Å². The standard InChI is InChI=1S/C16H29N3S/c1-17(2)11-14-10-16(20-13-14)12-19-8-5-6-15(7-9-19)18(3)4/h10,13,15H,5-9,11-12H2,1-4H3/t15-/m0/s1. The minimum atomic E-state index is 0.771. The largest absolute Gasteiger partial charge is 0.306 e. The van der Waals surface area contributed by atoms with Crippen molar-refractivity contribution in [2.75, 3.05) is 41.3 Å². The van der Waals surface area contributed by atoms with Crippen molar-refractivity contribution in [3.8, 4) is 0 Å². The van der Waals surface area contributed by atoms with E-state index in [1.54, 1.807) is 0 Å². The average Bonchev–Trinajstić information content (AvgIpc) is 2.65. The van der Waals surface area contributed by atoms with E-state index in [-0.39, 0.29) is 0 Å². The van der Waals surface area contributed by atoms with E-state index in [0.29, 0.717) is 0 Å². The van der Waals surface area contributed by atoms with Gasteiger partial charge in [-0.05, 0) is 71.0 Å². The van der Waals surface area contributed by atoms with E-state index >= 15 is 0 Å². The van der Waals surface area contributed by atoms with Crippen LogP contribution >= 0.6 is 11.3 Å². The summed E-state index contributed by atoms with van der Waals surface area (Å²) in [5.74, 6) is 0. The van der Waals surface area contributed by atoms with Crippen LogP contribution in [-0.2, 0) is 13.1 Å². The Morgan fingerprint density at radius 1 is 1.20 bits per heavy atom. The minimum absolute atomic E-state index is 0.771. The number of hydrogen-bond donors (Lipinski definition) is 0. The molecule has 2 rings (SSSR count). The lowest BCUT2D eigenvalue weighted by Crippen LogP contribution is -2.29. The molecule has 1 aliphatic heterocycles. The SMILES string of the molecule is CN(C)Cc1csc(CN2CCC[C@H](N(C)C)CC2)c1. The van der Waals surface area contributed by atoms with Gasteiger partial charge in [-0.15, -0.1) is 11.3 Å². The summed E-state index contributed by atoms with van der Waals surface area (Å²) in [6.45, 7) is 4.69. The highest BCUT2D eigenvalue weighted by Gasteiger charge is 2.18. The first-order chi connectivity index (χ1) is 9.54. The molecule has 0 unspecified atom stereocenters. The number of hydrogen-bond acceptors (Lipinski definition) is 4. The van der Waals surface area contributed by atoms with E-state index in [1.807, 2.05) is 11.3 Å². The van der Waals surface area contributed by atoms with E-state index in [0.717, 1.165) is 19.1 Å². The van der Waals surface area contributed by atoms with Crippen molar-refractivity contribution in [2.45, 2.75) is 38.4 Å². The van der Waals surface area contributed by atoms with Gasteiger partial charge in [0.15, 0.2) is 0 Å². The molecule has 20 heavy (non-hydrogen) atoms. The Balaban J connectivity index is 1.85. The molecule has 1 aromatic rings. The smallest absolute Gasteiger partial charge is 0.0328 e. The molecule has 0 aromatic carbocycles. The van der Waals surface area contributed by atoms with Crippen LogP contribution < -0.4 is 0 Å². The molecule has 0 saturated carbocycles. The van der Waals surface area contributed by atoms with Crippen LogP contribution in [0.3, 0.4) is 0 Å². The van der Waals surface area contributed by atoms with Gasteiger partial charge in [0.2, 0.25) is 0 Å². The van der Waals surface area contributed by atoms with E-state index in [2.05, 4.69) is 54.3 Å². The predicted molar refractivity (Wildman–Crippen MR) is 88.3 cm³/mol. The van der Waals surface area contributed by atoms with Gasteiger partial charge in [-0.2, -0.15) is 0 Å². The van der Waals surface area contributed by atoms with Crippen molar-refractivity contribution in [1.82, 2.24) is 14.7 Å². The van der Waals surface area contributed by atoms with Crippen LogP contribution in [-0.4, -0.2) is 62.0 Å². The minimum Gasteiger partial charge on any atom is -0.306 e. The Morgan fingerprint density at radius 3 is 2.70 bits per heavy atom. The van der Waals surface area contributed by atoms with Crippen LogP contribution in [0.4, 0.5) is 0 Å². The summed E-state index contributed by atoms with van der Waals surface area (Å²) in [4.78, 5) is 8.78. The number of likely N-dealkylation sites (tertiary alicyclic amines) is 1. The van der Waals surface area contributed by atoms with Gasteiger partial charge >= 0.3 is 0 Å². The number of thiophene rings is 1. The Kier molecular flexibility index (Phi) is 6.02. The highest BCUT2D eigenvalue weighted by molar-refractivity contribution is 7.10. The molecule has 1 saturated heterocycles. The molecule has 1 atom stereocenters. The molecular weight excluding hydrogens is 266 g/mol. The van der Waals surface area contributed by atoms with Crippen molar-refractivity contribution in [3.63, 3.8) is 0 Å². The molecule has 0 aliphatic carbocycles. The number of nitrogens with zero attached hydrogens (tertiary/aromatic N) is 3. The van der Waals surface area contributed by atoms with E-state index in [9.17, 15) is 0 Å². The van der Waals surface area contributed by atoms with Gasteiger partial charge in [0.05, 0.1) is 0 Å². The second kappa shape index (κ2) is 7.55. The second-order valence-corrected chi connectivity index (χ2v) is 7.48. The van der Waals surface area contributed by atoms with Gasteiger partial charge in [-0.3, -0.25) is 4.90 Å². The third-order valence-electron chi connectivity index (χ3n) is 4.11. The van der Waals surface area contributed by atoms with Crippen molar-refractivity contribution < 1.29 is 0 Å². The average molecular weight is 295 g/mol. The molecule has 3 nitrogen and oxygen atoms in total. The lowest BCUT2D eigenvalue weighted by molar-refractivity contribution is 0.246. The quantitative estimate of drug-likeness (QED) is 0.827. The number of rotatable bonds is 5. The molecule has 0 amide bonds. The fraction of sp³-hybridized carbons (Fsp3) is 0.750. The third kappa shape index (κ3) is 4.85. The molecule has 1 aliphatic rings. The van der Waals surface area contributed by atoms with E-state index < -0.39 is 0 Å². The van der Waals surface area contributed by atoms with Gasteiger partial charge in [0.1, 0.15) is 0 Å². The zero-order valence-electron chi connectivity index (χ0n) is 13.4. The van der Waals surface area contributed by atoms with E-state index in [4.69, 9.17) is 0 Å². The predicted octanol–water partition coefficient (Wildman–Crippen LogP) is 2.73. The van der Waals surface area contributed by atoms with Gasteiger partial charge < -0.3 is 9.80 Å². The molecule has 4 heteroatoms. The fourth-order valence-electron chi connectivity index (χ4n) is 2.99. The first-order valence-corrected chi connectivity index (χ1v) is 8.52. The third-order valence-corrected chi connectivity index (χ3v) is 5.08. The van der Waals surface area contributed by atoms with Gasteiger partial charge in [-0.25, -0.2) is 0 Å². The fourth-order valence-corrected chi connectivity index (χ4v) is 3.91. The molecule has 0 spiro atoms. The van der Waals surface area contributed by atoms with Crippen molar-refractivity contribution in [3.05, 3.63) is 21.9 Å². The normalized spacial score (nSPS) is 21.6. The maximum atomic E-state index is 2.63. The topological polar surface area (TPSA) is 9.72 Å². The highest BCUT2D eigenvalue weighted by atomic mass is 32.1. The summed E-state index contributed by atoms with van der Waals surface area (Å²) in [5.41, 5.74) is 1.45. The molecular formula is C16H29N3S.